The van der Waals surface area contributed by atoms with Crippen molar-refractivity contribution < 1.29 is 13.4 Å². The molecule has 94 valence electrons. The van der Waals surface area contributed by atoms with Crippen LogP contribution in [0.5, 0.6) is 0 Å². The fraction of sp³-hybridized carbons (Fsp3) is 0.636. The highest BCUT2D eigenvalue weighted by molar-refractivity contribution is 6.59. The summed E-state index contributed by atoms with van der Waals surface area (Å²) in [5.74, 6) is 1.17. The van der Waals surface area contributed by atoms with Crippen molar-refractivity contribution >= 4 is 8.80 Å². The van der Waals surface area contributed by atoms with Gasteiger partial charge in [-0.05, 0) is 13.8 Å². The molecule has 0 spiro atoms. The Morgan fingerprint density at radius 2 is 1.44 bits per heavy atom. The van der Waals surface area contributed by atoms with Crippen LogP contribution in [-0.2, 0) is 13.4 Å². The molecule has 0 aromatic carbocycles. The zero-order chi connectivity index (χ0) is 12.8. The first-order chi connectivity index (χ1) is 7.33. The topological polar surface area (TPSA) is 30.9 Å². The van der Waals surface area contributed by atoms with Crippen molar-refractivity contribution in [3.05, 3.63) is 24.7 Å². The SMILES string of the molecule is C=C(C)O[Si](C)(OC(=C)C)ON(CC)CC. The van der Waals surface area contributed by atoms with E-state index in [1.54, 1.807) is 18.9 Å². The molecule has 0 aliphatic rings. The molecule has 0 aliphatic carbocycles. The van der Waals surface area contributed by atoms with Crippen molar-refractivity contribution in [3.63, 3.8) is 0 Å². The molecule has 0 saturated heterocycles. The Morgan fingerprint density at radius 3 is 1.69 bits per heavy atom. The maximum absolute atomic E-state index is 5.76. The van der Waals surface area contributed by atoms with Gasteiger partial charge in [0, 0.05) is 19.6 Å². The van der Waals surface area contributed by atoms with Crippen LogP contribution < -0.4 is 0 Å². The van der Waals surface area contributed by atoms with Crippen LogP contribution in [0.2, 0.25) is 6.55 Å². The van der Waals surface area contributed by atoms with Gasteiger partial charge in [0.2, 0.25) is 0 Å². The lowest BCUT2D eigenvalue weighted by molar-refractivity contribution is -0.105. The van der Waals surface area contributed by atoms with Crippen LogP contribution in [0.25, 0.3) is 0 Å². The van der Waals surface area contributed by atoms with E-state index in [1.165, 1.54) is 0 Å². The summed E-state index contributed by atoms with van der Waals surface area (Å²) in [6.07, 6.45) is 0. The van der Waals surface area contributed by atoms with E-state index in [1.807, 2.05) is 20.4 Å². The molecular formula is C11H23NO3Si. The van der Waals surface area contributed by atoms with Crippen LogP contribution in [-0.4, -0.2) is 27.0 Å². The molecule has 0 aromatic heterocycles. The molecule has 0 rings (SSSR count). The molecule has 0 radical (unpaired) electrons. The molecule has 0 heterocycles. The molecule has 5 heteroatoms. The third kappa shape index (κ3) is 5.94. The average molecular weight is 245 g/mol. The molecule has 4 nitrogen and oxygen atoms in total. The maximum Gasteiger partial charge on any atom is 0.645 e. The van der Waals surface area contributed by atoms with E-state index in [0.717, 1.165) is 13.1 Å². The van der Waals surface area contributed by atoms with Gasteiger partial charge in [0.1, 0.15) is 0 Å². The molecule has 0 unspecified atom stereocenters. The first-order valence-corrected chi connectivity index (χ1v) is 7.68. The monoisotopic (exact) mass is 245 g/mol. The van der Waals surface area contributed by atoms with Crippen molar-refractivity contribution in [2.75, 3.05) is 13.1 Å². The highest BCUT2D eigenvalue weighted by Gasteiger charge is 2.42. The quantitative estimate of drug-likeness (QED) is 0.374. The predicted octanol–water partition coefficient (Wildman–Crippen LogP) is 2.93. The smallest absolute Gasteiger partial charge is 0.496 e. The van der Waals surface area contributed by atoms with Gasteiger partial charge in [0.25, 0.3) is 0 Å². The third-order valence-corrected chi connectivity index (χ3v) is 3.75. The van der Waals surface area contributed by atoms with Gasteiger partial charge in [-0.1, -0.05) is 27.0 Å². The van der Waals surface area contributed by atoms with Gasteiger partial charge in [-0.3, -0.25) is 4.53 Å². The molecule has 0 amide bonds. The van der Waals surface area contributed by atoms with Crippen LogP contribution >= 0.6 is 0 Å². The van der Waals surface area contributed by atoms with Gasteiger partial charge in [-0.2, -0.15) is 5.06 Å². The summed E-state index contributed by atoms with van der Waals surface area (Å²) >= 11 is 0. The number of hydrogen-bond acceptors (Lipinski definition) is 4. The van der Waals surface area contributed by atoms with E-state index in [0.29, 0.717) is 11.5 Å². The van der Waals surface area contributed by atoms with Crippen LogP contribution in [0.15, 0.2) is 24.7 Å². The summed E-state index contributed by atoms with van der Waals surface area (Å²) in [5, 5.41) is 1.80. The average Bonchev–Trinajstić information content (AvgIpc) is 2.11. The number of nitrogens with zero attached hydrogens (tertiary/aromatic N) is 1. The number of allylic oxidation sites excluding steroid dienone is 2. The van der Waals surface area contributed by atoms with Crippen molar-refractivity contribution in [1.29, 1.82) is 0 Å². The lowest BCUT2D eigenvalue weighted by Gasteiger charge is -2.31. The fourth-order valence-corrected chi connectivity index (χ4v) is 3.39. The molecule has 0 N–H and O–H groups in total. The highest BCUT2D eigenvalue weighted by Crippen LogP contribution is 2.18. The second-order valence-electron chi connectivity index (χ2n) is 3.68. The van der Waals surface area contributed by atoms with Gasteiger partial charge in [0.15, 0.2) is 0 Å². The van der Waals surface area contributed by atoms with E-state index in [9.17, 15) is 0 Å². The zero-order valence-electron chi connectivity index (χ0n) is 11.0. The summed E-state index contributed by atoms with van der Waals surface area (Å²) in [5.41, 5.74) is 0. The van der Waals surface area contributed by atoms with E-state index in [4.69, 9.17) is 13.4 Å². The summed E-state index contributed by atoms with van der Waals surface area (Å²) in [7, 11) is -2.75. The third-order valence-electron chi connectivity index (χ3n) is 1.72. The first kappa shape index (κ1) is 15.2. The van der Waals surface area contributed by atoms with Crippen LogP contribution in [0, 0.1) is 0 Å². The molecule has 16 heavy (non-hydrogen) atoms. The van der Waals surface area contributed by atoms with Gasteiger partial charge in [-0.15, -0.1) is 0 Å². The van der Waals surface area contributed by atoms with Crippen LogP contribution in [0.4, 0.5) is 0 Å². The second kappa shape index (κ2) is 6.73. The van der Waals surface area contributed by atoms with Crippen LogP contribution in [0.1, 0.15) is 27.7 Å². The first-order valence-electron chi connectivity index (χ1n) is 5.46. The van der Waals surface area contributed by atoms with Crippen molar-refractivity contribution in [3.8, 4) is 0 Å². The Balaban J connectivity index is 4.63. The lowest BCUT2D eigenvalue weighted by Crippen LogP contribution is -2.47. The van der Waals surface area contributed by atoms with Crippen molar-refractivity contribution in [2.45, 2.75) is 34.2 Å². The van der Waals surface area contributed by atoms with E-state index < -0.39 is 8.80 Å². The molecule has 0 aromatic rings. The minimum Gasteiger partial charge on any atom is -0.496 e. The number of hydroxylamine groups is 2. The molecule has 0 aliphatic heterocycles. The van der Waals surface area contributed by atoms with E-state index in [-0.39, 0.29) is 0 Å². The number of rotatable bonds is 8. The highest BCUT2D eigenvalue weighted by atomic mass is 28.4. The van der Waals surface area contributed by atoms with E-state index in [2.05, 4.69) is 13.2 Å². The molecular weight excluding hydrogens is 222 g/mol. The summed E-state index contributed by atoms with van der Waals surface area (Å²) in [6.45, 7) is 18.4. The Bertz CT molecular complexity index is 236. The maximum atomic E-state index is 5.76. The molecule has 0 atom stereocenters. The van der Waals surface area contributed by atoms with Gasteiger partial charge >= 0.3 is 8.80 Å². The Kier molecular flexibility index (Phi) is 6.40. The normalized spacial score (nSPS) is 11.4. The Hall–Kier alpha value is -0.783. The van der Waals surface area contributed by atoms with Crippen molar-refractivity contribution in [1.82, 2.24) is 5.06 Å². The zero-order valence-corrected chi connectivity index (χ0v) is 12.0. The second-order valence-corrected chi connectivity index (χ2v) is 5.99. The lowest BCUT2D eigenvalue weighted by atomic mass is 10.6. The fourth-order valence-electron chi connectivity index (χ4n) is 1.28. The minimum atomic E-state index is -2.75. The minimum absolute atomic E-state index is 0.586. The standard InChI is InChI=1S/C11H23NO3Si/c1-8-12(9-2)15-16(7,13-10(3)4)14-11(5)6/h3,5,8-9H2,1-2,4,6-7H3. The van der Waals surface area contributed by atoms with Gasteiger partial charge < -0.3 is 8.85 Å². The summed E-state index contributed by atoms with van der Waals surface area (Å²) in [4.78, 5) is 0. The molecule has 0 fully saturated rings. The summed E-state index contributed by atoms with van der Waals surface area (Å²) in [6, 6.07) is 0. The van der Waals surface area contributed by atoms with Crippen LogP contribution in [0.3, 0.4) is 0 Å². The van der Waals surface area contributed by atoms with Gasteiger partial charge in [0.05, 0.1) is 11.5 Å². The van der Waals surface area contributed by atoms with Crippen molar-refractivity contribution in [2.24, 2.45) is 0 Å². The summed E-state index contributed by atoms with van der Waals surface area (Å²) < 4.78 is 16.9. The van der Waals surface area contributed by atoms with Gasteiger partial charge in [-0.25, -0.2) is 0 Å². The Morgan fingerprint density at radius 1 is 1.06 bits per heavy atom. The van der Waals surface area contributed by atoms with E-state index >= 15 is 0 Å². The largest absolute Gasteiger partial charge is 0.645 e. The number of hydrogen-bond donors (Lipinski definition) is 0. The molecule has 0 saturated carbocycles. The molecule has 0 bridgehead atoms. The predicted molar refractivity (Wildman–Crippen MR) is 67.4 cm³/mol. The Labute approximate surface area is 99.8 Å².